The topological polar surface area (TPSA) is 34.1 Å². The molecule has 1 aliphatic rings. The Kier molecular flexibility index (Phi) is 3.97. The Hall–Kier alpha value is -1.87. The van der Waals surface area contributed by atoms with E-state index in [0.29, 0.717) is 6.61 Å². The minimum absolute atomic E-state index is 0.564. The Bertz CT molecular complexity index is 561. The molecule has 104 valence electrons. The standard InChI is InChI=1S/C17H20N2O/c1-13-8-15(10-18-9-13)12-20-17-6-2-14(3-7-17)11-19-16-4-5-16/h2-3,6-10,16,19H,4-5,11-12H2,1H3. The summed E-state index contributed by atoms with van der Waals surface area (Å²) < 4.78 is 5.78. The van der Waals surface area contributed by atoms with E-state index < -0.39 is 0 Å². The fourth-order valence-corrected chi connectivity index (χ4v) is 2.12. The highest BCUT2D eigenvalue weighted by atomic mass is 16.5. The van der Waals surface area contributed by atoms with Crippen LogP contribution >= 0.6 is 0 Å². The molecule has 1 fully saturated rings. The third-order valence-electron chi connectivity index (χ3n) is 3.43. The van der Waals surface area contributed by atoms with Crippen LogP contribution in [0.1, 0.15) is 29.5 Å². The smallest absolute Gasteiger partial charge is 0.119 e. The third-order valence-corrected chi connectivity index (χ3v) is 3.43. The van der Waals surface area contributed by atoms with E-state index in [1.165, 1.54) is 18.4 Å². The van der Waals surface area contributed by atoms with Gasteiger partial charge in [0, 0.05) is 30.5 Å². The van der Waals surface area contributed by atoms with E-state index in [4.69, 9.17) is 4.74 Å². The summed E-state index contributed by atoms with van der Waals surface area (Å²) >= 11 is 0. The molecule has 1 aromatic carbocycles. The summed E-state index contributed by atoms with van der Waals surface area (Å²) in [7, 11) is 0. The van der Waals surface area contributed by atoms with Gasteiger partial charge in [-0.25, -0.2) is 0 Å². The van der Waals surface area contributed by atoms with Crippen molar-refractivity contribution in [3.8, 4) is 5.75 Å². The van der Waals surface area contributed by atoms with Gasteiger partial charge in [0.1, 0.15) is 12.4 Å². The van der Waals surface area contributed by atoms with Crippen LogP contribution in [-0.4, -0.2) is 11.0 Å². The van der Waals surface area contributed by atoms with Gasteiger partial charge >= 0.3 is 0 Å². The van der Waals surface area contributed by atoms with Crippen LogP contribution in [0.25, 0.3) is 0 Å². The normalized spacial score (nSPS) is 14.2. The van der Waals surface area contributed by atoms with Gasteiger partial charge in [0.15, 0.2) is 0 Å². The third kappa shape index (κ3) is 3.81. The maximum atomic E-state index is 5.78. The molecule has 3 nitrogen and oxygen atoms in total. The molecule has 1 N–H and O–H groups in total. The molecule has 0 atom stereocenters. The number of benzene rings is 1. The molecule has 0 spiro atoms. The van der Waals surface area contributed by atoms with Gasteiger partial charge in [-0.2, -0.15) is 0 Å². The fraction of sp³-hybridized carbons (Fsp3) is 0.353. The van der Waals surface area contributed by atoms with Crippen LogP contribution < -0.4 is 10.1 Å². The van der Waals surface area contributed by atoms with E-state index in [0.717, 1.165) is 29.5 Å². The quantitative estimate of drug-likeness (QED) is 0.873. The molecule has 0 amide bonds. The highest BCUT2D eigenvalue weighted by Gasteiger charge is 2.19. The molecule has 0 bridgehead atoms. The Morgan fingerprint density at radius 2 is 1.95 bits per heavy atom. The van der Waals surface area contributed by atoms with E-state index in [1.54, 1.807) is 0 Å². The van der Waals surface area contributed by atoms with Crippen molar-refractivity contribution in [1.29, 1.82) is 0 Å². The molecule has 20 heavy (non-hydrogen) atoms. The van der Waals surface area contributed by atoms with Crippen molar-refractivity contribution in [2.45, 2.75) is 39.0 Å². The number of rotatable bonds is 6. The van der Waals surface area contributed by atoms with Gasteiger partial charge in [-0.15, -0.1) is 0 Å². The van der Waals surface area contributed by atoms with Crippen LogP contribution in [0.4, 0.5) is 0 Å². The Balaban J connectivity index is 1.52. The SMILES string of the molecule is Cc1cncc(COc2ccc(CNC3CC3)cc2)c1. The predicted octanol–water partition coefficient (Wildman–Crippen LogP) is 3.22. The highest BCUT2D eigenvalue weighted by molar-refractivity contribution is 5.28. The molecule has 1 aliphatic carbocycles. The summed E-state index contributed by atoms with van der Waals surface area (Å²) in [5.74, 6) is 0.904. The lowest BCUT2D eigenvalue weighted by Crippen LogP contribution is -2.15. The number of aryl methyl sites for hydroxylation is 1. The molecule has 0 saturated heterocycles. The Morgan fingerprint density at radius 3 is 2.65 bits per heavy atom. The number of pyridine rings is 1. The van der Waals surface area contributed by atoms with Crippen LogP contribution in [0.2, 0.25) is 0 Å². The minimum atomic E-state index is 0.564. The molecule has 1 saturated carbocycles. The molecule has 1 aromatic heterocycles. The average Bonchev–Trinajstić information content (AvgIpc) is 3.28. The van der Waals surface area contributed by atoms with Crippen LogP contribution in [0.5, 0.6) is 5.75 Å². The molecule has 2 aromatic rings. The van der Waals surface area contributed by atoms with Crippen LogP contribution in [-0.2, 0) is 13.2 Å². The second kappa shape index (κ2) is 6.06. The lowest BCUT2D eigenvalue weighted by Gasteiger charge is -2.08. The van der Waals surface area contributed by atoms with Crippen molar-refractivity contribution in [3.05, 3.63) is 59.4 Å². The number of hydrogen-bond acceptors (Lipinski definition) is 3. The highest BCUT2D eigenvalue weighted by Crippen LogP contribution is 2.20. The maximum absolute atomic E-state index is 5.78. The zero-order chi connectivity index (χ0) is 13.8. The van der Waals surface area contributed by atoms with Crippen LogP contribution in [0, 0.1) is 6.92 Å². The molecular formula is C17H20N2O. The second-order valence-corrected chi connectivity index (χ2v) is 5.46. The Morgan fingerprint density at radius 1 is 1.15 bits per heavy atom. The number of nitrogens with zero attached hydrogens (tertiary/aromatic N) is 1. The van der Waals surface area contributed by atoms with Crippen molar-refractivity contribution in [2.24, 2.45) is 0 Å². The molecule has 3 rings (SSSR count). The number of nitrogens with one attached hydrogen (secondary N) is 1. The van der Waals surface area contributed by atoms with Crippen molar-refractivity contribution >= 4 is 0 Å². The van der Waals surface area contributed by atoms with E-state index in [1.807, 2.05) is 31.5 Å². The molecule has 0 unspecified atom stereocenters. The number of hydrogen-bond donors (Lipinski definition) is 1. The van der Waals surface area contributed by atoms with Gasteiger partial charge in [0.25, 0.3) is 0 Å². The largest absolute Gasteiger partial charge is 0.489 e. The average molecular weight is 268 g/mol. The molecule has 3 heteroatoms. The van der Waals surface area contributed by atoms with Gasteiger partial charge in [0.05, 0.1) is 0 Å². The van der Waals surface area contributed by atoms with Crippen molar-refractivity contribution in [1.82, 2.24) is 10.3 Å². The lowest BCUT2D eigenvalue weighted by molar-refractivity contribution is 0.305. The van der Waals surface area contributed by atoms with Crippen LogP contribution in [0.15, 0.2) is 42.7 Å². The maximum Gasteiger partial charge on any atom is 0.119 e. The summed E-state index contributed by atoms with van der Waals surface area (Å²) in [5.41, 5.74) is 3.57. The van der Waals surface area contributed by atoms with Crippen molar-refractivity contribution in [3.63, 3.8) is 0 Å². The predicted molar refractivity (Wildman–Crippen MR) is 79.6 cm³/mol. The summed E-state index contributed by atoms with van der Waals surface area (Å²) in [6.45, 7) is 3.55. The second-order valence-electron chi connectivity index (χ2n) is 5.46. The first-order valence-electron chi connectivity index (χ1n) is 7.15. The molecule has 0 aliphatic heterocycles. The fourth-order valence-electron chi connectivity index (χ4n) is 2.12. The molecule has 0 radical (unpaired) electrons. The van der Waals surface area contributed by atoms with Gasteiger partial charge in [-0.05, 0) is 49.1 Å². The minimum Gasteiger partial charge on any atom is -0.489 e. The summed E-state index contributed by atoms with van der Waals surface area (Å²) in [6, 6.07) is 11.2. The monoisotopic (exact) mass is 268 g/mol. The first kappa shape index (κ1) is 13.1. The summed E-state index contributed by atoms with van der Waals surface area (Å²) in [6.07, 6.45) is 6.35. The van der Waals surface area contributed by atoms with Gasteiger partial charge in [0.2, 0.25) is 0 Å². The zero-order valence-corrected chi connectivity index (χ0v) is 11.8. The van der Waals surface area contributed by atoms with Crippen molar-refractivity contribution in [2.75, 3.05) is 0 Å². The van der Waals surface area contributed by atoms with E-state index in [2.05, 4.69) is 28.5 Å². The van der Waals surface area contributed by atoms with E-state index >= 15 is 0 Å². The molecular weight excluding hydrogens is 248 g/mol. The van der Waals surface area contributed by atoms with E-state index in [-0.39, 0.29) is 0 Å². The van der Waals surface area contributed by atoms with Gasteiger partial charge < -0.3 is 10.1 Å². The van der Waals surface area contributed by atoms with Crippen molar-refractivity contribution < 1.29 is 4.74 Å². The Labute approximate surface area is 120 Å². The first-order valence-corrected chi connectivity index (χ1v) is 7.15. The van der Waals surface area contributed by atoms with Crippen LogP contribution in [0.3, 0.4) is 0 Å². The number of ether oxygens (including phenoxy) is 1. The summed E-state index contributed by atoms with van der Waals surface area (Å²) in [5, 5.41) is 3.51. The first-order chi connectivity index (χ1) is 9.79. The zero-order valence-electron chi connectivity index (χ0n) is 11.8. The molecule has 1 heterocycles. The number of aromatic nitrogens is 1. The van der Waals surface area contributed by atoms with Gasteiger partial charge in [-0.3, -0.25) is 4.98 Å². The van der Waals surface area contributed by atoms with Gasteiger partial charge in [-0.1, -0.05) is 12.1 Å². The van der Waals surface area contributed by atoms with E-state index in [9.17, 15) is 0 Å². The summed E-state index contributed by atoms with van der Waals surface area (Å²) in [4.78, 5) is 4.17. The lowest BCUT2D eigenvalue weighted by atomic mass is 10.2.